The van der Waals surface area contributed by atoms with Crippen LogP contribution in [0.3, 0.4) is 0 Å². The fourth-order valence-corrected chi connectivity index (χ4v) is 2.57. The molecule has 0 spiro atoms. The van der Waals surface area contributed by atoms with E-state index >= 15 is 0 Å². The molecule has 3 N–H and O–H groups in total. The van der Waals surface area contributed by atoms with Crippen LogP contribution in [0, 0.1) is 5.92 Å². The van der Waals surface area contributed by atoms with Crippen LogP contribution in [-0.2, 0) is 10.0 Å². The van der Waals surface area contributed by atoms with Crippen LogP contribution in [0.25, 0.3) is 0 Å². The van der Waals surface area contributed by atoms with Crippen molar-refractivity contribution in [3.8, 4) is 5.75 Å². The molecule has 122 valence electrons. The lowest BCUT2D eigenvalue weighted by Crippen LogP contribution is -2.45. The average molecular weight is 337 g/mol. The minimum atomic E-state index is -3.53. The zero-order chi connectivity index (χ0) is 15.4. The molecule has 0 amide bonds. The van der Waals surface area contributed by atoms with Crippen LogP contribution in [0.2, 0.25) is 0 Å². The van der Waals surface area contributed by atoms with Crippen molar-refractivity contribution in [1.29, 1.82) is 0 Å². The summed E-state index contributed by atoms with van der Waals surface area (Å²) in [6.07, 6.45) is 0. The van der Waals surface area contributed by atoms with Crippen molar-refractivity contribution >= 4 is 22.4 Å². The molecular weight excluding hydrogens is 312 g/mol. The van der Waals surface area contributed by atoms with Gasteiger partial charge in [0.25, 0.3) is 0 Å². The summed E-state index contributed by atoms with van der Waals surface area (Å²) >= 11 is 0. The van der Waals surface area contributed by atoms with Gasteiger partial charge >= 0.3 is 0 Å². The largest absolute Gasteiger partial charge is 0.493 e. The molecular formula is C14H25ClN2O3S. The van der Waals surface area contributed by atoms with Crippen molar-refractivity contribution in [2.75, 3.05) is 13.2 Å². The van der Waals surface area contributed by atoms with Gasteiger partial charge in [-0.15, -0.1) is 12.4 Å². The van der Waals surface area contributed by atoms with E-state index in [-0.39, 0.29) is 23.8 Å². The highest BCUT2D eigenvalue weighted by molar-refractivity contribution is 7.89. The van der Waals surface area contributed by atoms with Crippen molar-refractivity contribution < 1.29 is 13.2 Å². The van der Waals surface area contributed by atoms with Gasteiger partial charge in [0.2, 0.25) is 10.0 Å². The van der Waals surface area contributed by atoms with Crippen LogP contribution in [-0.4, -0.2) is 27.1 Å². The Labute approximate surface area is 133 Å². The molecule has 0 aromatic heterocycles. The number of halogens is 1. The molecule has 0 aliphatic carbocycles. The topological polar surface area (TPSA) is 81.4 Å². The molecule has 1 aromatic rings. The quantitative estimate of drug-likeness (QED) is 0.799. The Morgan fingerprint density at radius 2 is 1.76 bits per heavy atom. The van der Waals surface area contributed by atoms with Crippen molar-refractivity contribution in [3.05, 3.63) is 24.3 Å². The maximum absolute atomic E-state index is 12.0. The molecule has 0 aliphatic rings. The van der Waals surface area contributed by atoms with Gasteiger partial charge in [0.1, 0.15) is 5.75 Å². The van der Waals surface area contributed by atoms with Crippen LogP contribution in [0.1, 0.15) is 27.7 Å². The summed E-state index contributed by atoms with van der Waals surface area (Å²) in [6, 6.07) is 6.37. The summed E-state index contributed by atoms with van der Waals surface area (Å²) in [5, 5.41) is 0. The lowest BCUT2D eigenvalue weighted by Gasteiger charge is -2.19. The Bertz CT molecular complexity index is 522. The minimum Gasteiger partial charge on any atom is -0.493 e. The molecule has 7 heteroatoms. The summed E-state index contributed by atoms with van der Waals surface area (Å²) in [5.74, 6) is 1.09. The SMILES string of the molecule is CC(C)COc1ccc(S(=O)(=O)NCC(C)(C)N)cc1.Cl. The van der Waals surface area contributed by atoms with Gasteiger partial charge in [-0.25, -0.2) is 13.1 Å². The Hall–Kier alpha value is -0.820. The van der Waals surface area contributed by atoms with E-state index in [1.165, 1.54) is 12.1 Å². The first-order valence-corrected chi connectivity index (χ1v) is 8.10. The fourth-order valence-electron chi connectivity index (χ4n) is 1.34. The summed E-state index contributed by atoms with van der Waals surface area (Å²) in [6.45, 7) is 8.41. The van der Waals surface area contributed by atoms with Crippen molar-refractivity contribution in [1.82, 2.24) is 4.72 Å². The molecule has 0 bridgehead atoms. The third-order valence-corrected chi connectivity index (χ3v) is 3.85. The van der Waals surface area contributed by atoms with E-state index in [1.807, 2.05) is 0 Å². The minimum absolute atomic E-state index is 0. The van der Waals surface area contributed by atoms with Gasteiger partial charge in [0.05, 0.1) is 11.5 Å². The molecule has 5 nitrogen and oxygen atoms in total. The Morgan fingerprint density at radius 3 is 2.19 bits per heavy atom. The van der Waals surface area contributed by atoms with Crippen LogP contribution in [0.5, 0.6) is 5.75 Å². The second kappa shape index (κ2) is 7.98. The smallest absolute Gasteiger partial charge is 0.240 e. The molecule has 21 heavy (non-hydrogen) atoms. The Balaban J connectivity index is 0.00000400. The van der Waals surface area contributed by atoms with E-state index in [0.29, 0.717) is 18.3 Å². The number of benzene rings is 1. The normalized spacial score (nSPS) is 12.1. The lowest BCUT2D eigenvalue weighted by molar-refractivity contribution is 0.271. The van der Waals surface area contributed by atoms with Gasteiger partial charge in [-0.05, 0) is 44.0 Å². The fraction of sp³-hybridized carbons (Fsp3) is 0.571. The number of rotatable bonds is 7. The second-order valence-electron chi connectivity index (χ2n) is 5.99. The number of hydrogen-bond donors (Lipinski definition) is 2. The predicted octanol–water partition coefficient (Wildman–Crippen LogP) is 2.16. The first kappa shape index (κ1) is 20.2. The molecule has 0 aliphatic heterocycles. The van der Waals surface area contributed by atoms with Gasteiger partial charge in [-0.2, -0.15) is 0 Å². The number of sulfonamides is 1. The summed E-state index contributed by atoms with van der Waals surface area (Å²) < 4.78 is 32.1. The van der Waals surface area contributed by atoms with Crippen LogP contribution in [0.15, 0.2) is 29.2 Å². The van der Waals surface area contributed by atoms with E-state index in [2.05, 4.69) is 18.6 Å². The molecule has 1 aromatic carbocycles. The van der Waals surface area contributed by atoms with E-state index in [9.17, 15) is 8.42 Å². The predicted molar refractivity (Wildman–Crippen MR) is 87.5 cm³/mol. The maximum atomic E-state index is 12.0. The maximum Gasteiger partial charge on any atom is 0.240 e. The molecule has 1 rings (SSSR count). The molecule has 0 radical (unpaired) electrons. The van der Waals surface area contributed by atoms with Crippen LogP contribution >= 0.6 is 12.4 Å². The molecule has 0 saturated carbocycles. The van der Waals surface area contributed by atoms with Crippen molar-refractivity contribution in [2.45, 2.75) is 38.1 Å². The number of nitrogens with two attached hydrogens (primary N) is 1. The highest BCUT2D eigenvalue weighted by Crippen LogP contribution is 2.16. The summed E-state index contributed by atoms with van der Waals surface area (Å²) in [5.41, 5.74) is 5.18. The zero-order valence-corrected chi connectivity index (χ0v) is 14.6. The van der Waals surface area contributed by atoms with Gasteiger partial charge < -0.3 is 10.5 Å². The molecule has 0 atom stereocenters. The number of nitrogens with one attached hydrogen (secondary N) is 1. The molecule has 0 unspecified atom stereocenters. The summed E-state index contributed by atoms with van der Waals surface area (Å²) in [4.78, 5) is 0.207. The second-order valence-corrected chi connectivity index (χ2v) is 7.76. The van der Waals surface area contributed by atoms with Crippen molar-refractivity contribution in [3.63, 3.8) is 0 Å². The Kier molecular flexibility index (Phi) is 7.67. The van der Waals surface area contributed by atoms with Gasteiger partial charge in [-0.1, -0.05) is 13.8 Å². The van der Waals surface area contributed by atoms with Crippen LogP contribution in [0.4, 0.5) is 0 Å². The lowest BCUT2D eigenvalue weighted by atomic mass is 10.1. The zero-order valence-electron chi connectivity index (χ0n) is 12.9. The number of ether oxygens (including phenoxy) is 1. The van der Waals surface area contributed by atoms with Crippen LogP contribution < -0.4 is 15.2 Å². The average Bonchev–Trinajstić information content (AvgIpc) is 2.34. The molecule has 0 fully saturated rings. The van der Waals surface area contributed by atoms with Gasteiger partial charge in [0.15, 0.2) is 0 Å². The molecule has 0 saturated heterocycles. The first-order chi connectivity index (χ1) is 9.10. The van der Waals surface area contributed by atoms with Gasteiger partial charge in [0, 0.05) is 12.1 Å². The van der Waals surface area contributed by atoms with E-state index in [1.54, 1.807) is 26.0 Å². The highest BCUT2D eigenvalue weighted by atomic mass is 35.5. The van der Waals surface area contributed by atoms with Gasteiger partial charge in [-0.3, -0.25) is 0 Å². The van der Waals surface area contributed by atoms with E-state index < -0.39 is 15.6 Å². The highest BCUT2D eigenvalue weighted by Gasteiger charge is 2.18. The standard InChI is InChI=1S/C14H24N2O3S.ClH/c1-11(2)9-19-12-5-7-13(8-6-12)20(17,18)16-10-14(3,4)15;/h5-8,11,16H,9-10,15H2,1-4H3;1H. The summed E-state index contributed by atoms with van der Waals surface area (Å²) in [7, 11) is -3.53. The Morgan fingerprint density at radius 1 is 1.24 bits per heavy atom. The van der Waals surface area contributed by atoms with Crippen molar-refractivity contribution in [2.24, 2.45) is 11.7 Å². The number of hydrogen-bond acceptors (Lipinski definition) is 4. The third-order valence-electron chi connectivity index (χ3n) is 2.44. The molecule has 0 heterocycles. The first-order valence-electron chi connectivity index (χ1n) is 6.61. The monoisotopic (exact) mass is 336 g/mol. The third kappa shape index (κ3) is 7.66. The van der Waals surface area contributed by atoms with E-state index in [4.69, 9.17) is 10.5 Å². The van der Waals surface area contributed by atoms with E-state index in [0.717, 1.165) is 0 Å².